The summed E-state index contributed by atoms with van der Waals surface area (Å²) in [6, 6.07) is 5.95. The highest BCUT2D eigenvalue weighted by atomic mass is 35.5. The number of likely N-dealkylation sites (tertiary alicyclic amines) is 1. The second-order valence-corrected chi connectivity index (χ2v) is 5.75. The normalized spacial score (nSPS) is 28.3. The summed E-state index contributed by atoms with van der Waals surface area (Å²) in [6.07, 6.45) is 2.42. The number of piperidine rings is 1. The number of nitrogens with one attached hydrogen (secondary N) is 1. The van der Waals surface area contributed by atoms with Crippen LogP contribution in [-0.2, 0) is 6.54 Å². The number of halogens is 2. The van der Waals surface area contributed by atoms with E-state index in [4.69, 9.17) is 11.6 Å². The molecular formula is C14H18ClFN2. The predicted molar refractivity (Wildman–Crippen MR) is 71.2 cm³/mol. The summed E-state index contributed by atoms with van der Waals surface area (Å²) in [5.41, 5.74) is 0.715. The van der Waals surface area contributed by atoms with E-state index in [0.717, 1.165) is 25.6 Å². The number of nitrogens with zero attached hydrogens (tertiary/aromatic N) is 1. The van der Waals surface area contributed by atoms with E-state index in [9.17, 15) is 4.39 Å². The molecule has 3 rings (SSSR count). The van der Waals surface area contributed by atoms with Gasteiger partial charge in [-0.1, -0.05) is 23.7 Å². The molecule has 0 spiro atoms. The van der Waals surface area contributed by atoms with Crippen LogP contribution in [0.2, 0.25) is 5.02 Å². The lowest BCUT2D eigenvalue weighted by molar-refractivity contribution is 0.154. The molecule has 2 heterocycles. The quantitative estimate of drug-likeness (QED) is 0.887. The topological polar surface area (TPSA) is 15.3 Å². The van der Waals surface area contributed by atoms with Crippen LogP contribution in [0, 0.1) is 11.7 Å². The van der Waals surface area contributed by atoms with Crippen LogP contribution in [0.1, 0.15) is 18.4 Å². The summed E-state index contributed by atoms with van der Waals surface area (Å²) >= 11 is 5.82. The van der Waals surface area contributed by atoms with Crippen LogP contribution in [0.3, 0.4) is 0 Å². The van der Waals surface area contributed by atoms with Gasteiger partial charge < -0.3 is 5.32 Å². The summed E-state index contributed by atoms with van der Waals surface area (Å²) in [6.45, 7) is 3.92. The lowest BCUT2D eigenvalue weighted by Crippen LogP contribution is -2.44. The van der Waals surface area contributed by atoms with Gasteiger partial charge in [-0.05, 0) is 37.9 Å². The fraction of sp³-hybridized carbons (Fsp3) is 0.571. The third-order valence-corrected chi connectivity index (χ3v) is 4.46. The Morgan fingerprint density at radius 2 is 2.28 bits per heavy atom. The van der Waals surface area contributed by atoms with Crippen LogP contribution in [0.5, 0.6) is 0 Å². The van der Waals surface area contributed by atoms with Gasteiger partial charge in [0.2, 0.25) is 0 Å². The van der Waals surface area contributed by atoms with E-state index in [-0.39, 0.29) is 10.8 Å². The summed E-state index contributed by atoms with van der Waals surface area (Å²) in [5.74, 6) is 0.479. The summed E-state index contributed by atoms with van der Waals surface area (Å²) in [4.78, 5) is 2.35. The van der Waals surface area contributed by atoms with Gasteiger partial charge in [0, 0.05) is 24.7 Å². The lowest BCUT2D eigenvalue weighted by Gasteiger charge is -2.34. The number of benzene rings is 1. The molecule has 0 aromatic heterocycles. The minimum absolute atomic E-state index is 0.227. The molecule has 2 saturated heterocycles. The minimum atomic E-state index is -0.258. The molecule has 2 fully saturated rings. The van der Waals surface area contributed by atoms with Crippen LogP contribution in [0.15, 0.2) is 18.2 Å². The molecule has 2 atom stereocenters. The molecule has 0 radical (unpaired) electrons. The number of fused-ring (bicyclic) bond motifs is 1. The first-order valence-corrected chi connectivity index (χ1v) is 7.00. The molecule has 98 valence electrons. The molecule has 0 aliphatic carbocycles. The SMILES string of the molecule is Fc1c(Cl)cccc1CN1CCC2NCCC2C1. The summed E-state index contributed by atoms with van der Waals surface area (Å²) in [5, 5.41) is 3.77. The van der Waals surface area contributed by atoms with Gasteiger partial charge in [-0.3, -0.25) is 4.90 Å². The highest BCUT2D eigenvalue weighted by Crippen LogP contribution is 2.26. The fourth-order valence-electron chi connectivity index (χ4n) is 3.18. The molecular weight excluding hydrogens is 251 g/mol. The molecule has 2 unspecified atom stereocenters. The van der Waals surface area contributed by atoms with Crippen molar-refractivity contribution in [3.63, 3.8) is 0 Å². The van der Waals surface area contributed by atoms with E-state index in [1.165, 1.54) is 12.8 Å². The zero-order chi connectivity index (χ0) is 12.5. The Balaban J connectivity index is 1.68. The molecule has 1 aromatic carbocycles. The Morgan fingerprint density at radius 1 is 1.39 bits per heavy atom. The third kappa shape index (κ3) is 2.40. The van der Waals surface area contributed by atoms with Gasteiger partial charge in [0.25, 0.3) is 0 Å². The lowest BCUT2D eigenvalue weighted by atomic mass is 9.93. The zero-order valence-electron chi connectivity index (χ0n) is 10.3. The Bertz CT molecular complexity index is 438. The van der Waals surface area contributed by atoms with Gasteiger partial charge in [-0.2, -0.15) is 0 Å². The zero-order valence-corrected chi connectivity index (χ0v) is 11.1. The van der Waals surface area contributed by atoms with Gasteiger partial charge in [0.05, 0.1) is 5.02 Å². The van der Waals surface area contributed by atoms with Gasteiger partial charge in [-0.15, -0.1) is 0 Å². The number of rotatable bonds is 2. The minimum Gasteiger partial charge on any atom is -0.314 e. The third-order valence-electron chi connectivity index (χ3n) is 4.17. The first kappa shape index (κ1) is 12.4. The second-order valence-electron chi connectivity index (χ2n) is 5.35. The van der Waals surface area contributed by atoms with Crippen molar-refractivity contribution in [3.8, 4) is 0 Å². The van der Waals surface area contributed by atoms with Crippen LogP contribution < -0.4 is 5.32 Å². The van der Waals surface area contributed by atoms with Crippen LogP contribution in [0.25, 0.3) is 0 Å². The van der Waals surface area contributed by atoms with E-state index in [1.54, 1.807) is 6.07 Å². The largest absolute Gasteiger partial charge is 0.314 e. The van der Waals surface area contributed by atoms with E-state index < -0.39 is 0 Å². The molecule has 0 saturated carbocycles. The number of hydrogen-bond donors (Lipinski definition) is 1. The first-order chi connectivity index (χ1) is 8.74. The molecule has 18 heavy (non-hydrogen) atoms. The average molecular weight is 269 g/mol. The molecule has 1 N–H and O–H groups in total. The van der Waals surface area contributed by atoms with Gasteiger partial charge in [0.15, 0.2) is 0 Å². The maximum absolute atomic E-state index is 13.9. The standard InChI is InChI=1S/C14H18ClFN2/c15-12-3-1-2-11(14(12)16)9-18-7-5-13-10(8-18)4-6-17-13/h1-3,10,13,17H,4-9H2. The smallest absolute Gasteiger partial charge is 0.146 e. The van der Waals surface area contributed by atoms with Crippen LogP contribution in [-0.4, -0.2) is 30.6 Å². The van der Waals surface area contributed by atoms with Crippen molar-refractivity contribution in [1.82, 2.24) is 10.2 Å². The van der Waals surface area contributed by atoms with Crippen molar-refractivity contribution in [1.29, 1.82) is 0 Å². The van der Waals surface area contributed by atoms with E-state index >= 15 is 0 Å². The summed E-state index contributed by atoms with van der Waals surface area (Å²) in [7, 11) is 0. The van der Waals surface area contributed by atoms with Crippen molar-refractivity contribution in [2.24, 2.45) is 5.92 Å². The van der Waals surface area contributed by atoms with Crippen molar-refractivity contribution in [2.45, 2.75) is 25.4 Å². The van der Waals surface area contributed by atoms with Crippen LogP contribution in [0.4, 0.5) is 4.39 Å². The van der Waals surface area contributed by atoms with Crippen molar-refractivity contribution < 1.29 is 4.39 Å². The summed E-state index contributed by atoms with van der Waals surface area (Å²) < 4.78 is 13.9. The highest BCUT2D eigenvalue weighted by Gasteiger charge is 2.32. The maximum atomic E-state index is 13.9. The maximum Gasteiger partial charge on any atom is 0.146 e. The van der Waals surface area contributed by atoms with E-state index in [0.29, 0.717) is 18.2 Å². The van der Waals surface area contributed by atoms with Crippen molar-refractivity contribution in [2.75, 3.05) is 19.6 Å². The molecule has 1 aromatic rings. The fourth-order valence-corrected chi connectivity index (χ4v) is 3.37. The highest BCUT2D eigenvalue weighted by molar-refractivity contribution is 6.30. The first-order valence-electron chi connectivity index (χ1n) is 6.62. The van der Waals surface area contributed by atoms with E-state index in [2.05, 4.69) is 10.2 Å². The molecule has 2 aliphatic rings. The van der Waals surface area contributed by atoms with E-state index in [1.807, 2.05) is 12.1 Å². The monoisotopic (exact) mass is 268 g/mol. The Hall–Kier alpha value is -0.640. The molecule has 2 aliphatic heterocycles. The Kier molecular flexibility index (Phi) is 3.55. The van der Waals surface area contributed by atoms with Crippen molar-refractivity contribution in [3.05, 3.63) is 34.6 Å². The number of hydrogen-bond acceptors (Lipinski definition) is 2. The van der Waals surface area contributed by atoms with Crippen LogP contribution >= 0.6 is 11.6 Å². The molecule has 0 bridgehead atoms. The molecule has 4 heteroatoms. The second kappa shape index (κ2) is 5.16. The predicted octanol–water partition coefficient (Wildman–Crippen LogP) is 2.66. The molecule has 0 amide bonds. The molecule has 2 nitrogen and oxygen atoms in total. The van der Waals surface area contributed by atoms with Gasteiger partial charge >= 0.3 is 0 Å². The van der Waals surface area contributed by atoms with Gasteiger partial charge in [0.1, 0.15) is 5.82 Å². The van der Waals surface area contributed by atoms with Gasteiger partial charge in [-0.25, -0.2) is 4.39 Å². The van der Waals surface area contributed by atoms with Crippen molar-refractivity contribution >= 4 is 11.6 Å². The average Bonchev–Trinajstić information content (AvgIpc) is 2.82. The Labute approximate surface area is 112 Å². The Morgan fingerprint density at radius 3 is 3.17 bits per heavy atom.